The minimum Gasteiger partial charge on any atom is -0.324 e. The van der Waals surface area contributed by atoms with Crippen LogP contribution < -0.4 is 5.32 Å². The smallest absolute Gasteiger partial charge is 0.226 e. The lowest BCUT2D eigenvalue weighted by Gasteiger charge is -2.08. The molecule has 0 bridgehead atoms. The lowest BCUT2D eigenvalue weighted by Crippen LogP contribution is -2.16. The number of halogens is 2. The molecule has 20 heavy (non-hydrogen) atoms. The average molecular weight is 340 g/mol. The fourth-order valence-electron chi connectivity index (χ4n) is 1.80. The number of amides is 1. The molecule has 0 atom stereocenters. The summed E-state index contributed by atoms with van der Waals surface area (Å²) in [5, 5.41) is 6.72. The van der Waals surface area contributed by atoms with E-state index in [2.05, 4.69) is 26.3 Å². The van der Waals surface area contributed by atoms with Crippen LogP contribution in [0.3, 0.4) is 0 Å². The second kappa shape index (κ2) is 6.17. The fraction of sp³-hybridized carbons (Fsp3) is 0.286. The second-order valence-corrected chi connectivity index (χ2v) is 5.44. The van der Waals surface area contributed by atoms with Crippen molar-refractivity contribution in [3.63, 3.8) is 0 Å². The first-order chi connectivity index (χ1) is 9.47. The molecular formula is C14H15BrFN3O. The van der Waals surface area contributed by atoms with Gasteiger partial charge in [0.1, 0.15) is 5.82 Å². The molecular weight excluding hydrogens is 325 g/mol. The maximum atomic E-state index is 13.5. The zero-order chi connectivity index (χ0) is 14.7. The third-order valence-electron chi connectivity index (χ3n) is 2.99. The maximum Gasteiger partial charge on any atom is 0.226 e. The topological polar surface area (TPSA) is 46.9 Å². The molecule has 1 aromatic carbocycles. The number of hydrogen-bond acceptors (Lipinski definition) is 2. The van der Waals surface area contributed by atoms with E-state index < -0.39 is 5.82 Å². The van der Waals surface area contributed by atoms with Gasteiger partial charge < -0.3 is 5.32 Å². The van der Waals surface area contributed by atoms with E-state index in [1.165, 1.54) is 6.07 Å². The molecule has 0 saturated heterocycles. The third kappa shape index (κ3) is 3.45. The summed E-state index contributed by atoms with van der Waals surface area (Å²) in [5.74, 6) is -0.664. The summed E-state index contributed by atoms with van der Waals surface area (Å²) in [7, 11) is 0. The summed E-state index contributed by atoms with van der Waals surface area (Å²) < 4.78 is 16.2. The predicted octanol–water partition coefficient (Wildman–Crippen LogP) is 3.43. The van der Waals surface area contributed by atoms with Gasteiger partial charge in [-0.1, -0.05) is 6.07 Å². The van der Waals surface area contributed by atoms with Crippen molar-refractivity contribution in [2.24, 2.45) is 0 Å². The van der Waals surface area contributed by atoms with Crippen LogP contribution in [0.2, 0.25) is 0 Å². The van der Waals surface area contributed by atoms with Crippen molar-refractivity contribution in [2.75, 3.05) is 5.32 Å². The van der Waals surface area contributed by atoms with Gasteiger partial charge in [0.15, 0.2) is 0 Å². The Balaban J connectivity index is 1.96. The molecule has 0 unspecified atom stereocenters. The summed E-state index contributed by atoms with van der Waals surface area (Å²) >= 11 is 3.36. The van der Waals surface area contributed by atoms with Gasteiger partial charge in [0.25, 0.3) is 0 Å². The van der Waals surface area contributed by atoms with Crippen molar-refractivity contribution in [2.45, 2.75) is 26.8 Å². The van der Waals surface area contributed by atoms with Crippen molar-refractivity contribution < 1.29 is 9.18 Å². The molecule has 106 valence electrons. The third-order valence-corrected chi connectivity index (χ3v) is 3.77. The van der Waals surface area contributed by atoms with Crippen molar-refractivity contribution in [1.82, 2.24) is 9.78 Å². The molecule has 1 N–H and O–H groups in total. The van der Waals surface area contributed by atoms with Gasteiger partial charge in [-0.15, -0.1) is 0 Å². The number of aryl methyl sites for hydroxylation is 2. The number of hydrogen-bond donors (Lipinski definition) is 1. The highest BCUT2D eigenvalue weighted by Gasteiger charge is 2.09. The molecule has 0 saturated carbocycles. The summed E-state index contributed by atoms with van der Waals surface area (Å²) in [6, 6.07) is 4.62. The summed E-state index contributed by atoms with van der Waals surface area (Å²) in [6.45, 7) is 4.21. The van der Waals surface area contributed by atoms with Gasteiger partial charge in [0, 0.05) is 12.1 Å². The van der Waals surface area contributed by atoms with Crippen molar-refractivity contribution in [3.8, 4) is 0 Å². The van der Waals surface area contributed by atoms with E-state index in [1.807, 2.05) is 13.8 Å². The van der Waals surface area contributed by atoms with Crippen LogP contribution in [0.25, 0.3) is 0 Å². The second-order valence-electron chi connectivity index (χ2n) is 4.58. The molecule has 0 spiro atoms. The molecule has 1 heterocycles. The number of nitrogens with zero attached hydrogens (tertiary/aromatic N) is 2. The highest BCUT2D eigenvalue weighted by atomic mass is 79.9. The largest absolute Gasteiger partial charge is 0.324 e. The van der Waals surface area contributed by atoms with Gasteiger partial charge in [0.2, 0.25) is 5.91 Å². The van der Waals surface area contributed by atoms with E-state index in [-0.39, 0.29) is 18.0 Å². The molecule has 4 nitrogen and oxygen atoms in total. The minimum atomic E-state index is -0.429. The SMILES string of the molecule is Cc1ccc(F)c(NC(=O)CCn2ncc(Br)c2C)c1. The number of nitrogens with one attached hydrogen (secondary N) is 1. The van der Waals surface area contributed by atoms with Gasteiger partial charge in [-0.25, -0.2) is 4.39 Å². The van der Waals surface area contributed by atoms with Gasteiger partial charge in [-0.3, -0.25) is 9.48 Å². The Hall–Kier alpha value is -1.69. The molecule has 2 rings (SSSR count). The number of rotatable bonds is 4. The Morgan fingerprint density at radius 2 is 2.20 bits per heavy atom. The molecule has 2 aromatic rings. The molecule has 0 aliphatic rings. The minimum absolute atomic E-state index is 0.216. The summed E-state index contributed by atoms with van der Waals surface area (Å²) in [4.78, 5) is 11.8. The summed E-state index contributed by atoms with van der Waals surface area (Å²) in [6.07, 6.45) is 1.93. The Kier molecular flexibility index (Phi) is 4.54. The highest BCUT2D eigenvalue weighted by molar-refractivity contribution is 9.10. The fourth-order valence-corrected chi connectivity index (χ4v) is 2.10. The van der Waals surface area contributed by atoms with E-state index >= 15 is 0 Å². The Morgan fingerprint density at radius 1 is 1.45 bits per heavy atom. The van der Waals surface area contributed by atoms with Crippen LogP contribution >= 0.6 is 15.9 Å². The van der Waals surface area contributed by atoms with E-state index in [1.54, 1.807) is 23.0 Å². The van der Waals surface area contributed by atoms with Crippen LogP contribution in [-0.2, 0) is 11.3 Å². The molecule has 6 heteroatoms. The first-order valence-corrected chi connectivity index (χ1v) is 7.00. The Bertz CT molecular complexity index is 639. The lowest BCUT2D eigenvalue weighted by molar-refractivity contribution is -0.116. The van der Waals surface area contributed by atoms with Crippen LogP contribution in [0.5, 0.6) is 0 Å². The van der Waals surface area contributed by atoms with Crippen LogP contribution in [0, 0.1) is 19.7 Å². The number of aromatic nitrogens is 2. The Morgan fingerprint density at radius 3 is 2.85 bits per heavy atom. The molecule has 0 aliphatic heterocycles. The number of anilines is 1. The average Bonchev–Trinajstić information content (AvgIpc) is 2.72. The number of carbonyl (C=O) groups is 1. The van der Waals surface area contributed by atoms with Crippen molar-refractivity contribution >= 4 is 27.5 Å². The maximum absolute atomic E-state index is 13.5. The molecule has 0 aliphatic carbocycles. The molecule has 1 aromatic heterocycles. The van der Waals surface area contributed by atoms with Crippen LogP contribution in [0.15, 0.2) is 28.9 Å². The van der Waals surface area contributed by atoms with Crippen LogP contribution in [0.4, 0.5) is 10.1 Å². The van der Waals surface area contributed by atoms with Crippen LogP contribution in [0.1, 0.15) is 17.7 Å². The van der Waals surface area contributed by atoms with Gasteiger partial charge in [-0.05, 0) is 47.5 Å². The normalized spacial score (nSPS) is 10.6. The van der Waals surface area contributed by atoms with Crippen molar-refractivity contribution in [1.29, 1.82) is 0 Å². The quantitative estimate of drug-likeness (QED) is 0.927. The van der Waals surface area contributed by atoms with Crippen LogP contribution in [-0.4, -0.2) is 15.7 Å². The zero-order valence-electron chi connectivity index (χ0n) is 11.3. The van der Waals surface area contributed by atoms with Crippen molar-refractivity contribution in [3.05, 3.63) is 45.9 Å². The lowest BCUT2D eigenvalue weighted by atomic mass is 10.2. The van der Waals surface area contributed by atoms with E-state index in [4.69, 9.17) is 0 Å². The molecule has 0 radical (unpaired) electrons. The highest BCUT2D eigenvalue weighted by Crippen LogP contribution is 2.17. The molecule has 0 fully saturated rings. The van der Waals surface area contributed by atoms with E-state index in [0.29, 0.717) is 6.54 Å². The first kappa shape index (κ1) is 14.7. The van der Waals surface area contributed by atoms with E-state index in [9.17, 15) is 9.18 Å². The van der Waals surface area contributed by atoms with Gasteiger partial charge in [-0.2, -0.15) is 5.10 Å². The summed E-state index contributed by atoms with van der Waals surface area (Å²) in [5.41, 5.74) is 2.07. The van der Waals surface area contributed by atoms with Gasteiger partial charge >= 0.3 is 0 Å². The monoisotopic (exact) mass is 339 g/mol. The molecule has 1 amide bonds. The Labute approximate surface area is 125 Å². The number of carbonyl (C=O) groups excluding carboxylic acids is 1. The van der Waals surface area contributed by atoms with E-state index in [0.717, 1.165) is 15.7 Å². The standard InChI is InChI=1S/C14H15BrFN3O/c1-9-3-4-12(16)13(7-9)18-14(20)5-6-19-10(2)11(15)8-17-19/h3-4,7-8H,5-6H2,1-2H3,(H,18,20). The van der Waals surface area contributed by atoms with Gasteiger partial charge in [0.05, 0.1) is 22.9 Å². The number of benzene rings is 1. The zero-order valence-corrected chi connectivity index (χ0v) is 12.9. The predicted molar refractivity (Wildman–Crippen MR) is 79.0 cm³/mol. The first-order valence-electron chi connectivity index (χ1n) is 6.21.